The van der Waals surface area contributed by atoms with Gasteiger partial charge in [0.25, 0.3) is 5.91 Å². The highest BCUT2D eigenvalue weighted by atomic mass is 32.2. The second-order valence-electron chi connectivity index (χ2n) is 6.37. The van der Waals surface area contributed by atoms with Crippen molar-refractivity contribution in [2.24, 2.45) is 0 Å². The molecule has 1 aromatic carbocycles. The van der Waals surface area contributed by atoms with Crippen LogP contribution in [0.1, 0.15) is 43.0 Å². The fourth-order valence-electron chi connectivity index (χ4n) is 3.05. The van der Waals surface area contributed by atoms with Crippen LogP contribution in [0.25, 0.3) is 0 Å². The Morgan fingerprint density at radius 1 is 1.24 bits per heavy atom. The lowest BCUT2D eigenvalue weighted by Crippen LogP contribution is -2.41. The average molecular weight is 366 g/mol. The first-order valence-corrected chi connectivity index (χ1v) is 10.6. The summed E-state index contributed by atoms with van der Waals surface area (Å²) in [7, 11) is -3.01. The van der Waals surface area contributed by atoms with Gasteiger partial charge in [0, 0.05) is 31.1 Å². The van der Waals surface area contributed by atoms with Crippen LogP contribution in [-0.4, -0.2) is 55.8 Å². The van der Waals surface area contributed by atoms with Gasteiger partial charge in [-0.25, -0.2) is 8.42 Å². The lowest BCUT2D eigenvalue weighted by atomic mass is 10.1. The van der Waals surface area contributed by atoms with E-state index in [-0.39, 0.29) is 29.4 Å². The number of nitrogens with zero attached hydrogens (tertiary/aromatic N) is 1. The summed E-state index contributed by atoms with van der Waals surface area (Å²) in [5.41, 5.74) is 0.595. The Kier molecular flexibility index (Phi) is 6.99. The normalized spacial score (nSPS) is 18.7. The van der Waals surface area contributed by atoms with Gasteiger partial charge in [-0.15, -0.1) is 0 Å². The predicted octanol–water partition coefficient (Wildman–Crippen LogP) is 1.62. The van der Waals surface area contributed by atoms with Crippen LogP contribution in [0.4, 0.5) is 0 Å². The van der Waals surface area contributed by atoms with E-state index in [4.69, 9.17) is 0 Å². The van der Waals surface area contributed by atoms with Crippen molar-refractivity contribution in [1.29, 1.82) is 0 Å². The molecule has 0 aliphatic carbocycles. The Labute approximate surface area is 149 Å². The minimum Gasteiger partial charge on any atom is -0.352 e. The van der Waals surface area contributed by atoms with Crippen molar-refractivity contribution in [2.45, 2.75) is 38.6 Å². The van der Waals surface area contributed by atoms with E-state index in [1.165, 1.54) is 0 Å². The minimum atomic E-state index is -3.01. The monoisotopic (exact) mass is 366 g/mol. The largest absolute Gasteiger partial charge is 0.352 e. The summed E-state index contributed by atoms with van der Waals surface area (Å²) in [6, 6.07) is 8.74. The molecule has 1 heterocycles. The maximum atomic E-state index is 12.5. The van der Waals surface area contributed by atoms with Gasteiger partial charge in [0.15, 0.2) is 9.84 Å². The van der Waals surface area contributed by atoms with E-state index in [1.807, 2.05) is 13.0 Å². The molecule has 138 valence electrons. The number of rotatable bonds is 8. The van der Waals surface area contributed by atoms with E-state index in [9.17, 15) is 18.0 Å². The van der Waals surface area contributed by atoms with Crippen molar-refractivity contribution >= 4 is 21.7 Å². The number of nitrogens with one attached hydrogen (secondary N) is 1. The first-order valence-electron chi connectivity index (χ1n) is 8.76. The number of carbonyl (C=O) groups is 2. The second kappa shape index (κ2) is 8.99. The summed E-state index contributed by atoms with van der Waals surface area (Å²) >= 11 is 0. The summed E-state index contributed by atoms with van der Waals surface area (Å²) in [4.78, 5) is 26.1. The SMILES string of the molecule is CCCN(C(=O)CCCNC(=O)c1ccccc1)C1CCS(=O)(=O)C1. The number of benzene rings is 1. The second-order valence-corrected chi connectivity index (χ2v) is 8.60. The zero-order valence-corrected chi connectivity index (χ0v) is 15.4. The van der Waals surface area contributed by atoms with E-state index in [2.05, 4.69) is 5.32 Å². The van der Waals surface area contributed by atoms with Crippen molar-refractivity contribution in [3.8, 4) is 0 Å². The highest BCUT2D eigenvalue weighted by Crippen LogP contribution is 2.19. The third-order valence-electron chi connectivity index (χ3n) is 4.32. The molecule has 7 heteroatoms. The van der Waals surface area contributed by atoms with Gasteiger partial charge in [-0.3, -0.25) is 9.59 Å². The molecule has 1 aliphatic rings. The standard InChI is InChI=1S/C18H26N2O4S/c1-2-12-20(16-10-13-25(23,24)14-16)17(21)9-6-11-19-18(22)15-7-4-3-5-8-15/h3-5,7-8,16H,2,6,9-14H2,1H3,(H,19,22). The number of hydrogen-bond donors (Lipinski definition) is 1. The maximum absolute atomic E-state index is 12.5. The van der Waals surface area contributed by atoms with Crippen molar-refractivity contribution in [1.82, 2.24) is 10.2 Å². The van der Waals surface area contributed by atoms with Gasteiger partial charge in [0.05, 0.1) is 11.5 Å². The van der Waals surface area contributed by atoms with Gasteiger partial charge in [0.1, 0.15) is 0 Å². The molecule has 25 heavy (non-hydrogen) atoms. The molecule has 2 amide bonds. The first-order chi connectivity index (χ1) is 11.9. The first kappa shape index (κ1) is 19.4. The van der Waals surface area contributed by atoms with Crippen molar-refractivity contribution in [2.75, 3.05) is 24.6 Å². The fourth-order valence-corrected chi connectivity index (χ4v) is 4.78. The Balaban J connectivity index is 1.78. The highest BCUT2D eigenvalue weighted by molar-refractivity contribution is 7.91. The number of carbonyl (C=O) groups excluding carboxylic acids is 2. The molecular formula is C18H26N2O4S. The molecule has 1 aromatic rings. The zero-order chi connectivity index (χ0) is 18.3. The number of hydrogen-bond acceptors (Lipinski definition) is 4. The summed E-state index contributed by atoms with van der Waals surface area (Å²) in [6.45, 7) is 2.97. The highest BCUT2D eigenvalue weighted by Gasteiger charge is 2.33. The lowest BCUT2D eigenvalue weighted by molar-refractivity contribution is -0.133. The van der Waals surface area contributed by atoms with Crippen molar-refractivity contribution in [3.05, 3.63) is 35.9 Å². The van der Waals surface area contributed by atoms with Crippen LogP contribution in [0.3, 0.4) is 0 Å². The minimum absolute atomic E-state index is 0.0297. The van der Waals surface area contributed by atoms with Gasteiger partial charge in [-0.1, -0.05) is 25.1 Å². The quantitative estimate of drug-likeness (QED) is 0.709. The smallest absolute Gasteiger partial charge is 0.251 e. The number of amides is 2. The molecule has 1 fully saturated rings. The molecule has 0 aromatic heterocycles. The molecule has 0 spiro atoms. The molecule has 6 nitrogen and oxygen atoms in total. The Hall–Kier alpha value is -1.89. The van der Waals surface area contributed by atoms with E-state index < -0.39 is 9.84 Å². The van der Waals surface area contributed by atoms with Gasteiger partial charge in [-0.2, -0.15) is 0 Å². The van der Waals surface area contributed by atoms with Gasteiger partial charge in [-0.05, 0) is 31.4 Å². The van der Waals surface area contributed by atoms with Crippen molar-refractivity contribution < 1.29 is 18.0 Å². The summed E-state index contributed by atoms with van der Waals surface area (Å²) in [5, 5.41) is 2.80. The van der Waals surface area contributed by atoms with Gasteiger partial charge < -0.3 is 10.2 Å². The van der Waals surface area contributed by atoms with E-state index in [0.29, 0.717) is 37.9 Å². The van der Waals surface area contributed by atoms with Gasteiger partial charge >= 0.3 is 0 Å². The average Bonchev–Trinajstić information content (AvgIpc) is 2.96. The van der Waals surface area contributed by atoms with E-state index >= 15 is 0 Å². The molecule has 1 atom stereocenters. The van der Waals surface area contributed by atoms with Crippen LogP contribution in [0.15, 0.2) is 30.3 Å². The topological polar surface area (TPSA) is 83.6 Å². The summed E-state index contributed by atoms with van der Waals surface area (Å²) in [5.74, 6) is 0.0557. The zero-order valence-electron chi connectivity index (χ0n) is 14.6. The summed E-state index contributed by atoms with van der Waals surface area (Å²) in [6.07, 6.45) is 2.18. The molecular weight excluding hydrogens is 340 g/mol. The van der Waals surface area contributed by atoms with E-state index in [0.717, 1.165) is 6.42 Å². The molecule has 0 saturated carbocycles. The van der Waals surface area contributed by atoms with E-state index in [1.54, 1.807) is 29.2 Å². The van der Waals surface area contributed by atoms with Crippen LogP contribution < -0.4 is 5.32 Å². The Morgan fingerprint density at radius 3 is 2.56 bits per heavy atom. The Morgan fingerprint density at radius 2 is 1.96 bits per heavy atom. The molecule has 0 bridgehead atoms. The Bertz CT molecular complexity index is 688. The molecule has 1 unspecified atom stereocenters. The third-order valence-corrected chi connectivity index (χ3v) is 6.07. The molecule has 0 radical (unpaired) electrons. The van der Waals surface area contributed by atoms with Crippen molar-refractivity contribution in [3.63, 3.8) is 0 Å². The maximum Gasteiger partial charge on any atom is 0.251 e. The van der Waals surface area contributed by atoms with Crippen LogP contribution in [0.2, 0.25) is 0 Å². The third kappa shape index (κ3) is 5.85. The molecule has 1 saturated heterocycles. The van der Waals surface area contributed by atoms with Crippen LogP contribution >= 0.6 is 0 Å². The predicted molar refractivity (Wildman–Crippen MR) is 97.1 cm³/mol. The lowest BCUT2D eigenvalue weighted by Gasteiger charge is -2.28. The van der Waals surface area contributed by atoms with Crippen LogP contribution in [0, 0.1) is 0 Å². The van der Waals surface area contributed by atoms with Gasteiger partial charge in [0.2, 0.25) is 5.91 Å². The molecule has 2 rings (SSSR count). The number of sulfone groups is 1. The fraction of sp³-hybridized carbons (Fsp3) is 0.556. The van der Waals surface area contributed by atoms with Crippen LogP contribution in [-0.2, 0) is 14.6 Å². The van der Waals surface area contributed by atoms with Crippen LogP contribution in [0.5, 0.6) is 0 Å². The summed E-state index contributed by atoms with van der Waals surface area (Å²) < 4.78 is 23.3. The molecule has 1 aliphatic heterocycles. The molecule has 1 N–H and O–H groups in total.